The first-order chi connectivity index (χ1) is 21.4. The fraction of sp³-hybridized carbons (Fsp3) is 0.118. The van der Waals surface area contributed by atoms with Crippen LogP contribution in [0.25, 0.3) is 23.0 Å². The van der Waals surface area contributed by atoms with E-state index in [1.807, 2.05) is 79.0 Å². The first-order valence-electron chi connectivity index (χ1n) is 13.7. The van der Waals surface area contributed by atoms with Crippen molar-refractivity contribution in [1.82, 2.24) is 14.3 Å². The van der Waals surface area contributed by atoms with Crippen molar-refractivity contribution in [1.29, 1.82) is 0 Å². The Bertz CT molecular complexity index is 2080. The largest absolute Gasteiger partial charge is 0.497 e. The number of aromatic nitrogens is 3. The van der Waals surface area contributed by atoms with Crippen LogP contribution in [-0.2, 0) is 9.53 Å². The Balaban J connectivity index is 1.54. The summed E-state index contributed by atoms with van der Waals surface area (Å²) in [6.45, 7) is 5.44. The molecule has 0 bridgehead atoms. The second-order valence-corrected chi connectivity index (χ2v) is 11.9. The molecule has 2 aromatic heterocycles. The summed E-state index contributed by atoms with van der Waals surface area (Å²) in [5.74, 6) is 0.108. The van der Waals surface area contributed by atoms with Crippen LogP contribution in [0.2, 0.25) is 0 Å². The summed E-state index contributed by atoms with van der Waals surface area (Å²) in [5.41, 5.74) is 4.53. The topological polar surface area (TPSA) is 87.7 Å². The fourth-order valence-corrected chi connectivity index (χ4v) is 6.38. The fourth-order valence-electron chi connectivity index (χ4n) is 5.08. The van der Waals surface area contributed by atoms with Gasteiger partial charge in [0.1, 0.15) is 12.4 Å². The number of rotatable bonds is 8. The second-order valence-electron chi connectivity index (χ2n) is 9.96. The number of methoxy groups -OCH3 is 1. The molecule has 6 rings (SSSR count). The third-order valence-corrected chi connectivity index (χ3v) is 8.68. The van der Waals surface area contributed by atoms with Crippen LogP contribution < -0.4 is 19.6 Å². The van der Waals surface area contributed by atoms with E-state index in [4.69, 9.17) is 19.6 Å². The van der Waals surface area contributed by atoms with E-state index in [1.54, 1.807) is 35.4 Å². The van der Waals surface area contributed by atoms with Gasteiger partial charge in [-0.2, -0.15) is 5.10 Å². The van der Waals surface area contributed by atoms with Crippen molar-refractivity contribution in [2.45, 2.75) is 13.0 Å². The normalized spacial score (nSPS) is 14.6. The first-order valence-corrected chi connectivity index (χ1v) is 15.3. The zero-order valence-corrected chi connectivity index (χ0v) is 26.3. The quantitative estimate of drug-likeness (QED) is 0.159. The van der Waals surface area contributed by atoms with Crippen LogP contribution in [0.4, 0.5) is 0 Å². The summed E-state index contributed by atoms with van der Waals surface area (Å²) >= 11 is 4.77. The summed E-state index contributed by atoms with van der Waals surface area (Å²) in [6, 6.07) is 24.2. The lowest BCUT2D eigenvalue weighted by molar-refractivity contribution is -0.138. The maximum absolute atomic E-state index is 14.2. The molecule has 10 heteroatoms. The molecule has 0 radical (unpaired) electrons. The molecule has 0 fully saturated rings. The van der Waals surface area contributed by atoms with Gasteiger partial charge in [-0.15, -0.1) is 0 Å². The van der Waals surface area contributed by atoms with Crippen molar-refractivity contribution >= 4 is 39.3 Å². The number of nitrogens with zero attached hydrogens (tertiary/aromatic N) is 4. The maximum atomic E-state index is 14.2. The van der Waals surface area contributed by atoms with Crippen LogP contribution in [0, 0.1) is 0 Å². The highest BCUT2D eigenvalue weighted by Gasteiger charge is 2.33. The minimum absolute atomic E-state index is 0.0413. The molecule has 1 atom stereocenters. The van der Waals surface area contributed by atoms with Crippen LogP contribution in [0.1, 0.15) is 24.1 Å². The van der Waals surface area contributed by atoms with Gasteiger partial charge in [0.25, 0.3) is 5.56 Å². The molecule has 3 heterocycles. The van der Waals surface area contributed by atoms with E-state index in [-0.39, 0.29) is 12.2 Å². The van der Waals surface area contributed by atoms with Crippen molar-refractivity contribution < 1.29 is 14.3 Å². The van der Waals surface area contributed by atoms with E-state index in [0.717, 1.165) is 32.5 Å². The number of carbonyl (C=O) groups is 1. The van der Waals surface area contributed by atoms with Crippen LogP contribution in [-0.4, -0.2) is 34.0 Å². The molecular formula is C34H27BrN4O4S. The second kappa shape index (κ2) is 12.4. The number of hydrogen-bond acceptors (Lipinski definition) is 7. The van der Waals surface area contributed by atoms with E-state index < -0.39 is 12.0 Å². The van der Waals surface area contributed by atoms with Crippen molar-refractivity contribution in [3.05, 3.63) is 144 Å². The third kappa shape index (κ3) is 5.61. The number of hydrogen-bond donors (Lipinski definition) is 0. The van der Waals surface area contributed by atoms with Gasteiger partial charge in [-0.05, 0) is 55.0 Å². The maximum Gasteiger partial charge on any atom is 0.338 e. The molecule has 5 aromatic rings. The minimum Gasteiger partial charge on any atom is -0.497 e. The Morgan fingerprint density at radius 2 is 1.80 bits per heavy atom. The van der Waals surface area contributed by atoms with E-state index in [2.05, 4.69) is 22.5 Å². The Hall–Kier alpha value is -4.80. The summed E-state index contributed by atoms with van der Waals surface area (Å²) in [7, 11) is 1.59. The number of para-hydroxylation sites is 1. The molecule has 0 N–H and O–H groups in total. The molecule has 0 spiro atoms. The van der Waals surface area contributed by atoms with Crippen molar-refractivity contribution in [2.75, 3.05) is 13.7 Å². The number of thiazole rings is 1. The smallest absolute Gasteiger partial charge is 0.338 e. The van der Waals surface area contributed by atoms with Crippen LogP contribution in [0.5, 0.6) is 5.75 Å². The number of halogens is 1. The Morgan fingerprint density at radius 3 is 2.48 bits per heavy atom. The molecule has 220 valence electrons. The zero-order valence-electron chi connectivity index (χ0n) is 23.9. The van der Waals surface area contributed by atoms with Crippen LogP contribution in [0.15, 0.2) is 123 Å². The number of fused-ring (bicyclic) bond motifs is 1. The molecule has 1 aliphatic rings. The predicted octanol–water partition coefficient (Wildman–Crippen LogP) is 5.59. The van der Waals surface area contributed by atoms with E-state index in [1.165, 1.54) is 17.4 Å². The summed E-state index contributed by atoms with van der Waals surface area (Å²) in [4.78, 5) is 32.7. The highest BCUT2D eigenvalue weighted by molar-refractivity contribution is 9.10. The molecule has 3 aromatic carbocycles. The molecule has 0 amide bonds. The Labute approximate surface area is 265 Å². The molecule has 0 aliphatic carbocycles. The number of esters is 1. The number of allylic oxidation sites excluding steroid dienone is 1. The van der Waals surface area contributed by atoms with Gasteiger partial charge in [-0.3, -0.25) is 9.36 Å². The standard InChI is InChI=1S/C34H27BrN4O4S/c1-4-18-43-33(41)29-21(2)36-34-39(31(29)23-12-16-27(42-3)17-13-23)32(40)28(44-34)19-24-20-38(26-8-6-5-7-9-26)37-30(24)22-10-14-25(35)15-11-22/h4-17,19-20,31H,1,18H2,2-3H3/b28-19+/t31-/m0/s1. The number of benzene rings is 3. The average Bonchev–Trinajstić information content (AvgIpc) is 3.60. The lowest BCUT2D eigenvalue weighted by atomic mass is 9.96. The number of carbonyl (C=O) groups excluding carboxylic acids is 1. The lowest BCUT2D eigenvalue weighted by Crippen LogP contribution is -2.39. The molecular weight excluding hydrogens is 640 g/mol. The molecule has 44 heavy (non-hydrogen) atoms. The van der Waals surface area contributed by atoms with Crippen LogP contribution in [0.3, 0.4) is 0 Å². The molecule has 0 unspecified atom stereocenters. The SMILES string of the molecule is C=CCOC(=O)C1=C(C)N=c2s/c(=C/c3cn(-c4ccccc4)nc3-c3ccc(Br)cc3)c(=O)n2[C@H]1c1ccc(OC)cc1. The highest BCUT2D eigenvalue weighted by Crippen LogP contribution is 2.32. The van der Waals surface area contributed by atoms with Gasteiger partial charge in [0.15, 0.2) is 4.80 Å². The third-order valence-electron chi connectivity index (χ3n) is 7.17. The lowest BCUT2D eigenvalue weighted by Gasteiger charge is -2.24. The van der Waals surface area contributed by atoms with Crippen LogP contribution >= 0.6 is 27.3 Å². The van der Waals surface area contributed by atoms with Gasteiger partial charge in [-0.1, -0.05) is 82.4 Å². The highest BCUT2D eigenvalue weighted by atomic mass is 79.9. The summed E-state index contributed by atoms with van der Waals surface area (Å²) < 4.78 is 15.6. The molecule has 1 aliphatic heterocycles. The van der Waals surface area contributed by atoms with E-state index in [9.17, 15) is 9.59 Å². The Morgan fingerprint density at radius 1 is 1.07 bits per heavy atom. The van der Waals surface area contributed by atoms with Gasteiger partial charge in [0, 0.05) is 21.8 Å². The van der Waals surface area contributed by atoms with Crippen molar-refractivity contribution in [3.8, 4) is 22.7 Å². The monoisotopic (exact) mass is 666 g/mol. The van der Waals surface area contributed by atoms with Gasteiger partial charge in [0.05, 0.1) is 40.3 Å². The predicted molar refractivity (Wildman–Crippen MR) is 175 cm³/mol. The average molecular weight is 668 g/mol. The van der Waals surface area contributed by atoms with Gasteiger partial charge < -0.3 is 9.47 Å². The zero-order chi connectivity index (χ0) is 30.8. The van der Waals surface area contributed by atoms with Crippen molar-refractivity contribution in [2.24, 2.45) is 4.99 Å². The minimum atomic E-state index is -0.741. The van der Waals surface area contributed by atoms with Crippen molar-refractivity contribution in [3.63, 3.8) is 0 Å². The van der Waals surface area contributed by atoms with Gasteiger partial charge in [0.2, 0.25) is 0 Å². The van der Waals surface area contributed by atoms with E-state index >= 15 is 0 Å². The first kappa shape index (κ1) is 29.3. The number of ether oxygens (including phenoxy) is 2. The summed E-state index contributed by atoms with van der Waals surface area (Å²) in [6.07, 6.45) is 5.26. The van der Waals surface area contributed by atoms with Gasteiger partial charge in [-0.25, -0.2) is 14.5 Å². The van der Waals surface area contributed by atoms with E-state index in [0.29, 0.717) is 26.4 Å². The van der Waals surface area contributed by atoms with Gasteiger partial charge >= 0.3 is 5.97 Å². The molecule has 8 nitrogen and oxygen atoms in total. The molecule has 0 saturated carbocycles. The molecule has 0 saturated heterocycles. The summed E-state index contributed by atoms with van der Waals surface area (Å²) in [5, 5.41) is 4.90. The Kier molecular flexibility index (Phi) is 8.28.